The number of ketones is 2. The highest BCUT2D eigenvalue weighted by Crippen LogP contribution is 2.57. The van der Waals surface area contributed by atoms with Gasteiger partial charge in [-0.2, -0.15) is 0 Å². The number of amides is 2. The van der Waals surface area contributed by atoms with E-state index in [1.54, 1.807) is 24.3 Å². The number of carbonyl (C=O) groups excluding carboxylic acids is 4. The summed E-state index contributed by atoms with van der Waals surface area (Å²) in [6.07, 6.45) is -1.07. The molecule has 3 aromatic rings. The molecule has 180 valence electrons. The molecule has 2 fully saturated rings. The Morgan fingerprint density at radius 3 is 1.94 bits per heavy atom. The van der Waals surface area contributed by atoms with Crippen LogP contribution in [0.15, 0.2) is 72.8 Å². The number of hydrogen-bond donors (Lipinski definition) is 0. The number of nitrogens with zero attached hydrogens (tertiary/aromatic N) is 1. The number of imide groups is 1. The zero-order valence-electron chi connectivity index (χ0n) is 19.6. The second kappa shape index (κ2) is 7.77. The van der Waals surface area contributed by atoms with E-state index in [0.717, 1.165) is 10.5 Å². The van der Waals surface area contributed by atoms with Crippen LogP contribution in [0.1, 0.15) is 57.7 Å². The third-order valence-corrected chi connectivity index (χ3v) is 7.54. The molecule has 2 heterocycles. The van der Waals surface area contributed by atoms with Gasteiger partial charge >= 0.3 is 0 Å². The van der Waals surface area contributed by atoms with Crippen LogP contribution in [0.4, 0.5) is 10.1 Å². The van der Waals surface area contributed by atoms with E-state index in [-0.39, 0.29) is 17.0 Å². The molecule has 0 N–H and O–H groups in total. The van der Waals surface area contributed by atoms with Crippen molar-refractivity contribution in [2.24, 2.45) is 11.8 Å². The highest BCUT2D eigenvalue weighted by Gasteiger charge is 2.74. The average molecular weight is 483 g/mol. The lowest BCUT2D eigenvalue weighted by atomic mass is 9.77. The van der Waals surface area contributed by atoms with Crippen LogP contribution in [-0.2, 0) is 14.3 Å². The molecule has 7 heteroatoms. The van der Waals surface area contributed by atoms with Crippen LogP contribution in [0.5, 0.6) is 0 Å². The molecule has 0 saturated carbocycles. The number of halogens is 1. The van der Waals surface area contributed by atoms with Crippen molar-refractivity contribution >= 4 is 29.1 Å². The summed E-state index contributed by atoms with van der Waals surface area (Å²) in [6, 6.07) is 18.7. The van der Waals surface area contributed by atoms with E-state index in [9.17, 15) is 23.6 Å². The zero-order valence-corrected chi connectivity index (χ0v) is 19.6. The Balaban J connectivity index is 1.51. The van der Waals surface area contributed by atoms with E-state index in [2.05, 4.69) is 0 Å². The van der Waals surface area contributed by atoms with E-state index < -0.39 is 52.7 Å². The van der Waals surface area contributed by atoms with E-state index in [1.165, 1.54) is 36.4 Å². The summed E-state index contributed by atoms with van der Waals surface area (Å²) in [6.45, 7) is 4.07. The molecule has 0 unspecified atom stereocenters. The van der Waals surface area contributed by atoms with Crippen LogP contribution < -0.4 is 4.90 Å². The van der Waals surface area contributed by atoms with Gasteiger partial charge in [-0.25, -0.2) is 9.29 Å². The van der Waals surface area contributed by atoms with Gasteiger partial charge in [-0.1, -0.05) is 62.4 Å². The Kier molecular flexibility index (Phi) is 4.85. The lowest BCUT2D eigenvalue weighted by molar-refractivity contribution is -0.127. The number of ether oxygens (including phenoxy) is 1. The molecule has 2 amide bonds. The van der Waals surface area contributed by atoms with Crippen molar-refractivity contribution in [3.8, 4) is 0 Å². The smallest absolute Gasteiger partial charge is 0.241 e. The summed E-state index contributed by atoms with van der Waals surface area (Å²) in [4.78, 5) is 56.3. The minimum Gasteiger partial charge on any atom is -0.349 e. The maximum Gasteiger partial charge on any atom is 0.241 e. The molecular weight excluding hydrogens is 461 g/mol. The van der Waals surface area contributed by atoms with Gasteiger partial charge in [-0.05, 0) is 41.3 Å². The number of benzene rings is 3. The summed E-state index contributed by atoms with van der Waals surface area (Å²) in [5.41, 5.74) is 0.0121. The van der Waals surface area contributed by atoms with Crippen LogP contribution in [0, 0.1) is 17.7 Å². The molecular formula is C29H22FNO5. The van der Waals surface area contributed by atoms with Crippen molar-refractivity contribution in [1.29, 1.82) is 0 Å². The van der Waals surface area contributed by atoms with Gasteiger partial charge in [0.15, 0.2) is 0 Å². The van der Waals surface area contributed by atoms with Gasteiger partial charge in [0.05, 0.1) is 23.6 Å². The first kappa shape index (κ1) is 22.5. The maximum absolute atomic E-state index is 13.9. The van der Waals surface area contributed by atoms with Gasteiger partial charge in [-0.3, -0.25) is 19.2 Å². The normalized spacial score (nSPS) is 24.2. The van der Waals surface area contributed by atoms with Gasteiger partial charge in [-0.15, -0.1) is 0 Å². The fourth-order valence-electron chi connectivity index (χ4n) is 5.73. The van der Waals surface area contributed by atoms with Crippen LogP contribution in [-0.4, -0.2) is 29.0 Å². The molecule has 0 aromatic heterocycles. The predicted molar refractivity (Wildman–Crippen MR) is 128 cm³/mol. The van der Waals surface area contributed by atoms with Gasteiger partial charge in [0.25, 0.3) is 0 Å². The lowest BCUT2D eigenvalue weighted by Crippen LogP contribution is -2.51. The summed E-state index contributed by atoms with van der Waals surface area (Å²) in [5.74, 6) is -5.13. The predicted octanol–water partition coefficient (Wildman–Crippen LogP) is 4.64. The first-order valence-electron chi connectivity index (χ1n) is 11.9. The summed E-state index contributed by atoms with van der Waals surface area (Å²) in [5, 5.41) is 0. The van der Waals surface area contributed by atoms with Crippen LogP contribution in [0.2, 0.25) is 0 Å². The largest absolute Gasteiger partial charge is 0.349 e. The maximum atomic E-state index is 13.9. The number of carbonyl (C=O) groups is 4. The SMILES string of the molecule is CC(C)c1ccc(N2C(=O)[C@@H]3[C@@H](c4ccc(F)cc4)OC4(C(=O)c5ccccc5C4=O)[C@@H]3C2=O)cc1. The van der Waals surface area contributed by atoms with Crippen molar-refractivity contribution in [2.75, 3.05) is 4.90 Å². The zero-order chi connectivity index (χ0) is 25.4. The van der Waals surface area contributed by atoms with Crippen molar-refractivity contribution in [2.45, 2.75) is 31.5 Å². The number of Topliss-reactive ketones (excluding diaryl/α,β-unsaturated/α-hetero) is 2. The molecule has 6 rings (SSSR count). The fourth-order valence-corrected chi connectivity index (χ4v) is 5.73. The highest BCUT2D eigenvalue weighted by molar-refractivity contribution is 6.37. The van der Waals surface area contributed by atoms with E-state index >= 15 is 0 Å². The van der Waals surface area contributed by atoms with E-state index in [0.29, 0.717) is 11.3 Å². The number of fused-ring (bicyclic) bond motifs is 3. The molecule has 1 aliphatic carbocycles. The molecule has 3 atom stereocenters. The molecule has 0 radical (unpaired) electrons. The summed E-state index contributed by atoms with van der Waals surface area (Å²) >= 11 is 0. The van der Waals surface area contributed by atoms with Crippen molar-refractivity contribution in [3.63, 3.8) is 0 Å². The Morgan fingerprint density at radius 2 is 1.39 bits per heavy atom. The molecule has 3 aliphatic rings. The van der Waals surface area contributed by atoms with Crippen LogP contribution in [0.25, 0.3) is 0 Å². The van der Waals surface area contributed by atoms with Gasteiger partial charge in [0.1, 0.15) is 5.82 Å². The van der Waals surface area contributed by atoms with Crippen molar-refractivity contribution < 1.29 is 28.3 Å². The first-order chi connectivity index (χ1) is 17.3. The molecule has 0 bridgehead atoms. The minimum absolute atomic E-state index is 0.168. The molecule has 6 nitrogen and oxygen atoms in total. The quantitative estimate of drug-likeness (QED) is 0.400. The summed E-state index contributed by atoms with van der Waals surface area (Å²) in [7, 11) is 0. The molecule has 3 aromatic carbocycles. The molecule has 1 spiro atoms. The van der Waals surface area contributed by atoms with Crippen molar-refractivity contribution in [1.82, 2.24) is 0 Å². The number of rotatable bonds is 3. The number of hydrogen-bond acceptors (Lipinski definition) is 5. The second-order valence-corrected chi connectivity index (χ2v) is 9.79. The fraction of sp³-hybridized carbons (Fsp3) is 0.241. The third kappa shape index (κ3) is 2.86. The Hall–Kier alpha value is -3.97. The Bertz CT molecular complexity index is 1410. The van der Waals surface area contributed by atoms with E-state index in [1.807, 2.05) is 26.0 Å². The molecule has 2 saturated heterocycles. The Labute approximate surface area is 206 Å². The third-order valence-electron chi connectivity index (χ3n) is 7.54. The first-order valence-corrected chi connectivity index (χ1v) is 11.9. The van der Waals surface area contributed by atoms with Gasteiger partial charge < -0.3 is 4.74 Å². The minimum atomic E-state index is -2.15. The molecule has 2 aliphatic heterocycles. The van der Waals surface area contributed by atoms with Crippen LogP contribution >= 0.6 is 0 Å². The monoisotopic (exact) mass is 483 g/mol. The average Bonchev–Trinajstić information content (AvgIpc) is 3.44. The lowest BCUT2D eigenvalue weighted by Gasteiger charge is -2.27. The van der Waals surface area contributed by atoms with Gasteiger partial charge in [0.2, 0.25) is 29.0 Å². The van der Waals surface area contributed by atoms with E-state index in [4.69, 9.17) is 4.74 Å². The van der Waals surface area contributed by atoms with Crippen LogP contribution in [0.3, 0.4) is 0 Å². The second-order valence-electron chi connectivity index (χ2n) is 9.79. The van der Waals surface area contributed by atoms with Crippen molar-refractivity contribution in [3.05, 3.63) is 101 Å². The molecule has 36 heavy (non-hydrogen) atoms. The summed E-state index contributed by atoms with van der Waals surface area (Å²) < 4.78 is 19.9. The standard InChI is InChI=1S/C29H22FNO5/c1-15(2)16-9-13-19(14-10-16)31-27(34)22-23(28(31)35)29(36-24(22)17-7-11-18(30)12-8-17)25(32)20-5-3-4-6-21(20)26(29)33/h3-15,22-24H,1-2H3/t22-,23-,24+/m0/s1. The highest BCUT2D eigenvalue weighted by atomic mass is 19.1. The topological polar surface area (TPSA) is 80.8 Å². The number of anilines is 1. The van der Waals surface area contributed by atoms with Gasteiger partial charge in [0, 0.05) is 11.1 Å². The Morgan fingerprint density at radius 1 is 0.806 bits per heavy atom.